The molecule has 0 radical (unpaired) electrons. The molecule has 1 aliphatic heterocycles. The Hall–Kier alpha value is -2.00. The number of aryl methyl sites for hydroxylation is 1. The minimum atomic E-state index is 0. The zero-order valence-electron chi connectivity index (χ0n) is 13.6. The summed E-state index contributed by atoms with van der Waals surface area (Å²) in [6, 6.07) is 14.1. The number of hydrogen-bond donors (Lipinski definition) is 1. The molecule has 1 heterocycles. The Bertz CT molecular complexity index is 700. The highest BCUT2D eigenvalue weighted by Crippen LogP contribution is 2.27. The van der Waals surface area contributed by atoms with Gasteiger partial charge < -0.3 is 10.2 Å². The fraction of sp³-hybridized carbons (Fsp3) is 0.316. The number of carbonyl (C=O) groups is 1. The molecular formula is C19H23ClN2O. The Balaban J connectivity index is 0.00000192. The fourth-order valence-electron chi connectivity index (χ4n) is 3.10. The first-order chi connectivity index (χ1) is 10.7. The van der Waals surface area contributed by atoms with Crippen LogP contribution in [-0.2, 0) is 6.42 Å². The van der Waals surface area contributed by atoms with Crippen molar-refractivity contribution in [2.75, 3.05) is 23.3 Å². The molecule has 1 amide bonds. The quantitative estimate of drug-likeness (QED) is 0.902. The minimum absolute atomic E-state index is 0. The predicted octanol–water partition coefficient (Wildman–Crippen LogP) is 4.44. The van der Waals surface area contributed by atoms with Crippen molar-refractivity contribution >= 4 is 29.7 Å². The number of benzene rings is 2. The highest BCUT2D eigenvalue weighted by molar-refractivity contribution is 6.08. The van der Waals surface area contributed by atoms with Crippen LogP contribution in [-0.4, -0.2) is 19.0 Å². The Labute approximate surface area is 144 Å². The second kappa shape index (κ2) is 7.51. The second-order valence-electron chi connectivity index (χ2n) is 5.75. The summed E-state index contributed by atoms with van der Waals surface area (Å²) in [6.07, 6.45) is 2.05. The first-order valence-electron chi connectivity index (χ1n) is 7.95. The van der Waals surface area contributed by atoms with Crippen LogP contribution < -0.4 is 10.2 Å². The summed E-state index contributed by atoms with van der Waals surface area (Å²) < 4.78 is 0. The van der Waals surface area contributed by atoms with Crippen LogP contribution in [0.25, 0.3) is 0 Å². The molecule has 3 nitrogen and oxygen atoms in total. The van der Waals surface area contributed by atoms with Gasteiger partial charge in [-0.2, -0.15) is 0 Å². The molecule has 0 aromatic heterocycles. The van der Waals surface area contributed by atoms with Crippen LogP contribution in [0.15, 0.2) is 42.5 Å². The molecule has 1 N–H and O–H groups in total. The third-order valence-corrected chi connectivity index (χ3v) is 4.20. The van der Waals surface area contributed by atoms with E-state index in [-0.39, 0.29) is 18.3 Å². The van der Waals surface area contributed by atoms with Crippen molar-refractivity contribution in [1.82, 2.24) is 0 Å². The molecule has 0 atom stereocenters. The summed E-state index contributed by atoms with van der Waals surface area (Å²) in [5.41, 5.74) is 5.23. The third-order valence-electron chi connectivity index (χ3n) is 4.20. The lowest BCUT2D eigenvalue weighted by atomic mass is 9.96. The van der Waals surface area contributed by atoms with Crippen molar-refractivity contribution in [2.45, 2.75) is 26.7 Å². The molecule has 23 heavy (non-hydrogen) atoms. The van der Waals surface area contributed by atoms with Gasteiger partial charge in [0, 0.05) is 30.0 Å². The molecule has 0 saturated heterocycles. The van der Waals surface area contributed by atoms with Crippen LogP contribution in [0.5, 0.6) is 0 Å². The second-order valence-corrected chi connectivity index (χ2v) is 5.75. The van der Waals surface area contributed by atoms with Crippen molar-refractivity contribution in [2.24, 2.45) is 0 Å². The van der Waals surface area contributed by atoms with E-state index in [4.69, 9.17) is 0 Å². The number of fused-ring (bicyclic) bond motifs is 1. The number of anilines is 2. The molecule has 1 aliphatic rings. The molecule has 0 spiro atoms. The zero-order valence-corrected chi connectivity index (χ0v) is 14.5. The average Bonchev–Trinajstić information content (AvgIpc) is 2.55. The Morgan fingerprint density at radius 2 is 2.00 bits per heavy atom. The van der Waals surface area contributed by atoms with Gasteiger partial charge in [-0.05, 0) is 62.1 Å². The summed E-state index contributed by atoms with van der Waals surface area (Å²) in [5, 5.41) is 3.39. The van der Waals surface area contributed by atoms with Gasteiger partial charge in [-0.25, -0.2) is 0 Å². The third kappa shape index (κ3) is 3.50. The molecule has 0 aliphatic carbocycles. The van der Waals surface area contributed by atoms with E-state index < -0.39 is 0 Å². The maximum Gasteiger partial charge on any atom is 0.258 e. The van der Waals surface area contributed by atoms with Gasteiger partial charge in [-0.1, -0.05) is 18.2 Å². The van der Waals surface area contributed by atoms with Gasteiger partial charge >= 0.3 is 0 Å². The van der Waals surface area contributed by atoms with E-state index >= 15 is 0 Å². The molecule has 122 valence electrons. The van der Waals surface area contributed by atoms with Gasteiger partial charge in [0.25, 0.3) is 5.91 Å². The molecule has 0 saturated carbocycles. The molecule has 0 fully saturated rings. The Morgan fingerprint density at radius 1 is 1.22 bits per heavy atom. The molecular weight excluding hydrogens is 308 g/mol. The van der Waals surface area contributed by atoms with Gasteiger partial charge in [0.2, 0.25) is 0 Å². The first-order valence-corrected chi connectivity index (χ1v) is 7.95. The predicted molar refractivity (Wildman–Crippen MR) is 99.0 cm³/mol. The number of carbonyl (C=O) groups excluding carboxylic acids is 1. The van der Waals surface area contributed by atoms with E-state index in [0.29, 0.717) is 6.54 Å². The topological polar surface area (TPSA) is 32.3 Å². The Morgan fingerprint density at radius 3 is 2.74 bits per heavy atom. The van der Waals surface area contributed by atoms with Crippen LogP contribution in [0, 0.1) is 6.92 Å². The summed E-state index contributed by atoms with van der Waals surface area (Å²) in [6.45, 7) is 5.73. The number of nitrogens with zero attached hydrogens (tertiary/aromatic N) is 1. The minimum Gasteiger partial charge on any atom is -0.385 e. The van der Waals surface area contributed by atoms with Crippen molar-refractivity contribution in [3.05, 3.63) is 59.2 Å². The van der Waals surface area contributed by atoms with E-state index in [1.165, 1.54) is 5.56 Å². The van der Waals surface area contributed by atoms with E-state index in [2.05, 4.69) is 30.4 Å². The van der Waals surface area contributed by atoms with Gasteiger partial charge in [0.05, 0.1) is 0 Å². The van der Waals surface area contributed by atoms with E-state index in [1.807, 2.05) is 36.1 Å². The number of halogens is 1. The van der Waals surface area contributed by atoms with E-state index in [9.17, 15) is 4.79 Å². The van der Waals surface area contributed by atoms with Gasteiger partial charge in [-0.15, -0.1) is 12.4 Å². The number of nitrogens with one attached hydrogen (secondary N) is 1. The number of hydrogen-bond acceptors (Lipinski definition) is 2. The highest BCUT2D eigenvalue weighted by Gasteiger charge is 2.22. The van der Waals surface area contributed by atoms with Crippen molar-refractivity contribution in [3.63, 3.8) is 0 Å². The van der Waals surface area contributed by atoms with Gasteiger partial charge in [-0.3, -0.25) is 4.79 Å². The molecule has 2 aromatic carbocycles. The Kier molecular flexibility index (Phi) is 5.67. The standard InChI is InChI=1S/C19H22N2O.ClH/c1-3-21(15-8-4-7-14(2)13-15)19(22)17-9-5-11-18-16(17)10-6-12-20-18;/h4-5,7-9,11,13,20H,3,6,10,12H2,1-2H3;1H. The number of amides is 1. The zero-order chi connectivity index (χ0) is 15.5. The smallest absolute Gasteiger partial charge is 0.258 e. The van der Waals surface area contributed by atoms with Crippen LogP contribution in [0.1, 0.15) is 34.8 Å². The normalized spacial score (nSPS) is 12.6. The average molecular weight is 331 g/mol. The van der Waals surface area contributed by atoms with E-state index in [0.717, 1.165) is 41.9 Å². The van der Waals surface area contributed by atoms with Gasteiger partial charge in [0.15, 0.2) is 0 Å². The maximum absolute atomic E-state index is 13.1. The fourth-order valence-corrected chi connectivity index (χ4v) is 3.10. The maximum atomic E-state index is 13.1. The lowest BCUT2D eigenvalue weighted by molar-refractivity contribution is 0.0987. The largest absolute Gasteiger partial charge is 0.385 e. The molecule has 2 aromatic rings. The highest BCUT2D eigenvalue weighted by atomic mass is 35.5. The molecule has 0 unspecified atom stereocenters. The van der Waals surface area contributed by atoms with Crippen molar-refractivity contribution in [1.29, 1.82) is 0 Å². The molecule has 3 rings (SSSR count). The SMILES string of the molecule is CCN(C(=O)c1cccc2c1CCCN2)c1cccc(C)c1.Cl. The van der Waals surface area contributed by atoms with Gasteiger partial charge in [0.1, 0.15) is 0 Å². The first kappa shape index (κ1) is 17.4. The molecule has 4 heteroatoms. The van der Waals surface area contributed by atoms with Crippen LogP contribution >= 0.6 is 12.4 Å². The summed E-state index contributed by atoms with van der Waals surface area (Å²) >= 11 is 0. The van der Waals surface area contributed by atoms with Crippen LogP contribution in [0.4, 0.5) is 11.4 Å². The van der Waals surface area contributed by atoms with Crippen molar-refractivity contribution < 1.29 is 4.79 Å². The van der Waals surface area contributed by atoms with E-state index in [1.54, 1.807) is 0 Å². The summed E-state index contributed by atoms with van der Waals surface area (Å²) in [4.78, 5) is 14.9. The lowest BCUT2D eigenvalue weighted by Crippen LogP contribution is -2.32. The monoisotopic (exact) mass is 330 g/mol. The van der Waals surface area contributed by atoms with Crippen LogP contribution in [0.3, 0.4) is 0 Å². The molecule has 0 bridgehead atoms. The van der Waals surface area contributed by atoms with Crippen LogP contribution in [0.2, 0.25) is 0 Å². The lowest BCUT2D eigenvalue weighted by Gasteiger charge is -2.25. The summed E-state index contributed by atoms with van der Waals surface area (Å²) in [5.74, 6) is 0.0913. The summed E-state index contributed by atoms with van der Waals surface area (Å²) in [7, 11) is 0. The number of rotatable bonds is 3. The van der Waals surface area contributed by atoms with Crippen molar-refractivity contribution in [3.8, 4) is 0 Å².